The van der Waals surface area contributed by atoms with Gasteiger partial charge in [0.15, 0.2) is 0 Å². The van der Waals surface area contributed by atoms with Gasteiger partial charge in [0.2, 0.25) is 5.56 Å². The maximum atomic E-state index is 12.4. The van der Waals surface area contributed by atoms with Crippen molar-refractivity contribution in [3.8, 4) is 5.75 Å². The van der Waals surface area contributed by atoms with E-state index in [4.69, 9.17) is 27.9 Å². The van der Waals surface area contributed by atoms with Crippen molar-refractivity contribution in [3.63, 3.8) is 0 Å². The van der Waals surface area contributed by atoms with Gasteiger partial charge < -0.3 is 14.6 Å². The minimum atomic E-state index is -0.233. The molecule has 0 spiro atoms. The van der Waals surface area contributed by atoms with Crippen molar-refractivity contribution in [2.24, 2.45) is 0 Å². The molecule has 1 saturated heterocycles. The number of nitrogens with zero attached hydrogens (tertiary/aromatic N) is 1. The molecule has 1 aliphatic heterocycles. The zero-order valence-corrected chi connectivity index (χ0v) is 13.6. The molecule has 1 aliphatic rings. The SMILES string of the molecule is O=C(c1ccc(=O)[nH]c1)N1CCC(Oc2ccc(Cl)c(Cl)c2)C1. The highest BCUT2D eigenvalue weighted by Gasteiger charge is 2.28. The lowest BCUT2D eigenvalue weighted by Crippen LogP contribution is -2.31. The molecular formula is C16H14Cl2N2O3. The highest BCUT2D eigenvalue weighted by atomic mass is 35.5. The highest BCUT2D eigenvalue weighted by Crippen LogP contribution is 2.28. The predicted octanol–water partition coefficient (Wildman–Crippen LogP) is 2.98. The van der Waals surface area contributed by atoms with Gasteiger partial charge >= 0.3 is 0 Å². The summed E-state index contributed by atoms with van der Waals surface area (Å²) in [5.41, 5.74) is 0.226. The van der Waals surface area contributed by atoms with E-state index in [-0.39, 0.29) is 17.6 Å². The zero-order chi connectivity index (χ0) is 16.4. The average molecular weight is 353 g/mol. The summed E-state index contributed by atoms with van der Waals surface area (Å²) >= 11 is 11.8. The number of pyridine rings is 1. The van der Waals surface area contributed by atoms with E-state index in [0.717, 1.165) is 6.42 Å². The van der Waals surface area contributed by atoms with Crippen LogP contribution in [0.2, 0.25) is 10.0 Å². The first-order chi connectivity index (χ1) is 11.0. The summed E-state index contributed by atoms with van der Waals surface area (Å²) in [6.45, 7) is 1.09. The third-order valence-electron chi connectivity index (χ3n) is 3.66. The van der Waals surface area contributed by atoms with Crippen molar-refractivity contribution in [2.75, 3.05) is 13.1 Å². The normalized spacial score (nSPS) is 17.3. The van der Waals surface area contributed by atoms with E-state index in [1.807, 2.05) is 0 Å². The molecule has 0 aliphatic carbocycles. The summed E-state index contributed by atoms with van der Waals surface area (Å²) < 4.78 is 5.85. The third kappa shape index (κ3) is 3.68. The molecule has 1 N–H and O–H groups in total. The predicted molar refractivity (Wildman–Crippen MR) is 88.5 cm³/mol. The first kappa shape index (κ1) is 15.9. The smallest absolute Gasteiger partial charge is 0.255 e. The Bertz CT molecular complexity index is 771. The number of carbonyl (C=O) groups excluding carboxylic acids is 1. The van der Waals surface area contributed by atoms with Crippen LogP contribution in [0.15, 0.2) is 41.3 Å². The summed E-state index contributed by atoms with van der Waals surface area (Å²) in [6.07, 6.45) is 2.06. The molecule has 1 aromatic carbocycles. The minimum Gasteiger partial charge on any atom is -0.488 e. The summed E-state index contributed by atoms with van der Waals surface area (Å²) in [7, 11) is 0. The number of halogens is 2. The fraction of sp³-hybridized carbons (Fsp3) is 0.250. The Morgan fingerprint density at radius 3 is 2.74 bits per heavy atom. The van der Waals surface area contributed by atoms with Crippen molar-refractivity contribution in [1.82, 2.24) is 9.88 Å². The Morgan fingerprint density at radius 1 is 1.22 bits per heavy atom. The standard InChI is InChI=1S/C16H14Cl2N2O3/c17-13-3-2-11(7-14(13)18)23-12-5-6-20(9-12)16(22)10-1-4-15(21)19-8-10/h1-4,7-8,12H,5-6,9H2,(H,19,21). The lowest BCUT2D eigenvalue weighted by atomic mass is 10.2. The number of rotatable bonds is 3. The molecule has 1 atom stereocenters. The molecule has 120 valence electrons. The van der Waals surface area contributed by atoms with Gasteiger partial charge in [-0.25, -0.2) is 0 Å². The molecule has 1 aromatic heterocycles. The minimum absolute atomic E-state index is 0.0982. The van der Waals surface area contributed by atoms with Gasteiger partial charge in [0.1, 0.15) is 11.9 Å². The Kier molecular flexibility index (Phi) is 4.59. The van der Waals surface area contributed by atoms with Gasteiger partial charge in [0.05, 0.1) is 22.2 Å². The molecule has 0 radical (unpaired) electrons. The van der Waals surface area contributed by atoms with E-state index in [9.17, 15) is 9.59 Å². The van der Waals surface area contributed by atoms with E-state index in [1.54, 1.807) is 23.1 Å². The Labute approximate surface area is 142 Å². The molecule has 2 heterocycles. The first-order valence-electron chi connectivity index (χ1n) is 7.12. The van der Waals surface area contributed by atoms with Crippen LogP contribution in [0.5, 0.6) is 5.75 Å². The zero-order valence-electron chi connectivity index (χ0n) is 12.1. The quantitative estimate of drug-likeness (QED) is 0.923. The van der Waals surface area contributed by atoms with Crippen molar-refractivity contribution in [2.45, 2.75) is 12.5 Å². The van der Waals surface area contributed by atoms with Gasteiger partial charge in [-0.15, -0.1) is 0 Å². The number of hydrogen-bond donors (Lipinski definition) is 1. The van der Waals surface area contributed by atoms with Gasteiger partial charge in [0.25, 0.3) is 5.91 Å². The number of aromatic amines is 1. The summed E-state index contributed by atoms with van der Waals surface area (Å²) in [5, 5.41) is 0.906. The molecular weight excluding hydrogens is 339 g/mol. The van der Waals surface area contributed by atoms with Gasteiger partial charge in [-0.1, -0.05) is 23.2 Å². The third-order valence-corrected chi connectivity index (χ3v) is 4.40. The Morgan fingerprint density at radius 2 is 2.04 bits per heavy atom. The number of benzene rings is 1. The fourth-order valence-corrected chi connectivity index (χ4v) is 2.77. The van der Waals surface area contributed by atoms with E-state index in [1.165, 1.54) is 18.3 Å². The van der Waals surface area contributed by atoms with Gasteiger partial charge in [0, 0.05) is 31.3 Å². The van der Waals surface area contributed by atoms with E-state index < -0.39 is 0 Å². The topological polar surface area (TPSA) is 62.4 Å². The van der Waals surface area contributed by atoms with Crippen LogP contribution in [0, 0.1) is 0 Å². The molecule has 2 aromatic rings. The number of H-pyrrole nitrogens is 1. The van der Waals surface area contributed by atoms with Crippen LogP contribution in [-0.4, -0.2) is 35.0 Å². The number of likely N-dealkylation sites (tertiary alicyclic amines) is 1. The Balaban J connectivity index is 1.63. The van der Waals surface area contributed by atoms with Crippen molar-refractivity contribution in [3.05, 3.63) is 62.5 Å². The van der Waals surface area contributed by atoms with Crippen LogP contribution in [-0.2, 0) is 0 Å². The average Bonchev–Trinajstić information content (AvgIpc) is 2.99. The van der Waals surface area contributed by atoms with Gasteiger partial charge in [-0.05, 0) is 18.2 Å². The first-order valence-corrected chi connectivity index (χ1v) is 7.88. The second-order valence-corrected chi connectivity index (χ2v) is 6.11. The number of ether oxygens (including phenoxy) is 1. The molecule has 3 rings (SSSR count). The molecule has 23 heavy (non-hydrogen) atoms. The van der Waals surface area contributed by atoms with E-state index in [2.05, 4.69) is 4.98 Å². The van der Waals surface area contributed by atoms with Crippen LogP contribution in [0.1, 0.15) is 16.8 Å². The monoisotopic (exact) mass is 352 g/mol. The largest absolute Gasteiger partial charge is 0.488 e. The van der Waals surface area contributed by atoms with Crippen molar-refractivity contribution >= 4 is 29.1 Å². The van der Waals surface area contributed by atoms with Crippen molar-refractivity contribution < 1.29 is 9.53 Å². The fourth-order valence-electron chi connectivity index (χ4n) is 2.48. The number of nitrogens with one attached hydrogen (secondary N) is 1. The highest BCUT2D eigenvalue weighted by molar-refractivity contribution is 6.42. The molecule has 1 unspecified atom stereocenters. The molecule has 5 nitrogen and oxygen atoms in total. The van der Waals surface area contributed by atoms with Crippen molar-refractivity contribution in [1.29, 1.82) is 0 Å². The van der Waals surface area contributed by atoms with Crippen LogP contribution < -0.4 is 10.3 Å². The number of amides is 1. The number of hydrogen-bond acceptors (Lipinski definition) is 3. The van der Waals surface area contributed by atoms with Crippen LogP contribution >= 0.6 is 23.2 Å². The second-order valence-electron chi connectivity index (χ2n) is 5.30. The lowest BCUT2D eigenvalue weighted by molar-refractivity contribution is 0.0772. The summed E-state index contributed by atoms with van der Waals surface area (Å²) in [6, 6.07) is 7.95. The van der Waals surface area contributed by atoms with E-state index >= 15 is 0 Å². The molecule has 0 bridgehead atoms. The van der Waals surface area contributed by atoms with E-state index in [0.29, 0.717) is 34.4 Å². The summed E-state index contributed by atoms with van der Waals surface area (Å²) in [4.78, 5) is 27.6. The molecule has 1 fully saturated rings. The Hall–Kier alpha value is -1.98. The van der Waals surface area contributed by atoms with Crippen LogP contribution in [0.3, 0.4) is 0 Å². The molecule has 1 amide bonds. The van der Waals surface area contributed by atoms with Crippen LogP contribution in [0.4, 0.5) is 0 Å². The van der Waals surface area contributed by atoms with Gasteiger partial charge in [-0.2, -0.15) is 0 Å². The van der Waals surface area contributed by atoms with Crippen LogP contribution in [0.25, 0.3) is 0 Å². The number of carbonyl (C=O) groups is 1. The molecule has 7 heteroatoms. The maximum absolute atomic E-state index is 12.4. The maximum Gasteiger partial charge on any atom is 0.255 e. The lowest BCUT2D eigenvalue weighted by Gasteiger charge is -2.17. The second kappa shape index (κ2) is 6.64. The van der Waals surface area contributed by atoms with Gasteiger partial charge in [-0.3, -0.25) is 9.59 Å². The number of aromatic nitrogens is 1. The molecule has 0 saturated carbocycles. The summed E-state index contributed by atoms with van der Waals surface area (Å²) in [5.74, 6) is 0.504.